The van der Waals surface area contributed by atoms with E-state index < -0.39 is 0 Å². The molecule has 0 aliphatic heterocycles. The maximum atomic E-state index is 5.09. The van der Waals surface area contributed by atoms with Crippen LogP contribution in [0.25, 0.3) is 0 Å². The van der Waals surface area contributed by atoms with Crippen LogP contribution in [0.2, 0.25) is 0 Å². The molecule has 0 heterocycles. The molecule has 0 saturated carbocycles. The van der Waals surface area contributed by atoms with E-state index >= 15 is 0 Å². The molecule has 5 heavy (non-hydrogen) atoms. The fourth-order valence-corrected chi connectivity index (χ4v) is 0. The molecule has 0 atom stereocenters. The molecule has 0 saturated heterocycles. The number of hydrogen-bond donors (Lipinski definition) is 0. The van der Waals surface area contributed by atoms with Crippen LogP contribution >= 0.6 is 0 Å². The van der Waals surface area contributed by atoms with Gasteiger partial charge in [-0.05, 0) is 0 Å². The van der Waals surface area contributed by atoms with Crippen LogP contribution in [0.3, 0.4) is 0 Å². The van der Waals surface area contributed by atoms with Gasteiger partial charge in [0.15, 0.2) is 0 Å². The summed E-state index contributed by atoms with van der Waals surface area (Å²) in [7, 11) is -0.309. The van der Waals surface area contributed by atoms with Crippen molar-refractivity contribution in [2.24, 2.45) is 4.40 Å². The molecule has 0 aromatic heterocycles. The first-order valence-corrected chi connectivity index (χ1v) is 2.80. The van der Waals surface area contributed by atoms with Crippen molar-refractivity contribution in [1.82, 2.24) is 0 Å². The van der Waals surface area contributed by atoms with Gasteiger partial charge in [0.1, 0.15) is 0 Å². The van der Waals surface area contributed by atoms with Crippen molar-refractivity contribution < 1.29 is 0 Å². The molecule has 0 spiro atoms. The van der Waals surface area contributed by atoms with Crippen LogP contribution in [0.1, 0.15) is 0 Å². The Hall–Kier alpha value is 0.0849. The summed E-state index contributed by atoms with van der Waals surface area (Å²) in [6.07, 6.45) is 1.80. The third kappa shape index (κ3) is 4.08. The van der Waals surface area contributed by atoms with Crippen LogP contribution in [0.4, 0.5) is 0 Å². The fourth-order valence-electron chi connectivity index (χ4n) is 0. The molecule has 0 aliphatic rings. The van der Waals surface area contributed by atoms with Crippen molar-refractivity contribution in [3.8, 4) is 0 Å². The zero-order valence-corrected chi connectivity index (χ0v) is 3.96. The zero-order valence-electron chi connectivity index (χ0n) is 3.14. The molecule has 0 aromatic rings. The fraction of sp³-hybridized carbons (Fsp3) is 0.500. The summed E-state index contributed by atoms with van der Waals surface area (Å²) in [6, 6.07) is 0. The van der Waals surface area contributed by atoms with Gasteiger partial charge in [-0.1, -0.05) is 0 Å². The second kappa shape index (κ2) is 2.33. The van der Waals surface area contributed by atoms with Crippen molar-refractivity contribution in [2.45, 2.75) is 0 Å². The SMILES string of the molecule is B#[S-](C)N=C. The topological polar surface area (TPSA) is 12.4 Å². The normalized spacial score (nSPS) is 8.80. The number of hydrogen-bond acceptors (Lipinski definition) is 2. The standard InChI is InChI=1S/C2H5BNS/c1-4-5(2)3/h1H2,2H3/q-1. The molecule has 0 aliphatic carbocycles. The van der Waals surface area contributed by atoms with Gasteiger partial charge >= 0.3 is 34.2 Å². The summed E-state index contributed by atoms with van der Waals surface area (Å²) in [4.78, 5) is 0. The number of nitrogens with zero attached hydrogens (tertiary/aromatic N) is 1. The molecule has 1 nitrogen and oxygen atoms in total. The van der Waals surface area contributed by atoms with Gasteiger partial charge in [0.25, 0.3) is 0 Å². The average Bonchev–Trinajstić information content (AvgIpc) is 1.38. The van der Waals surface area contributed by atoms with Gasteiger partial charge in [-0.25, -0.2) is 0 Å². The molecule has 3 heteroatoms. The van der Waals surface area contributed by atoms with E-state index in [1.54, 1.807) is 6.26 Å². The van der Waals surface area contributed by atoms with E-state index in [0.717, 1.165) is 0 Å². The Morgan fingerprint density at radius 2 is 2.20 bits per heavy atom. The van der Waals surface area contributed by atoms with E-state index in [0.29, 0.717) is 0 Å². The van der Waals surface area contributed by atoms with Crippen molar-refractivity contribution in [3.05, 3.63) is 0 Å². The molecule has 0 bridgehead atoms. The zero-order chi connectivity index (χ0) is 4.28. The molecule has 28 valence electrons. The molecular weight excluding hydrogens is 80.9 g/mol. The van der Waals surface area contributed by atoms with Crippen molar-refractivity contribution in [1.29, 1.82) is 0 Å². The third-order valence-corrected chi connectivity index (χ3v) is 0.611. The Bertz CT molecular complexity index is 89.6. The Kier molecular flexibility index (Phi) is 2.37. The van der Waals surface area contributed by atoms with Gasteiger partial charge < -0.3 is 0 Å². The minimum absolute atomic E-state index is 0.309. The van der Waals surface area contributed by atoms with E-state index in [1.165, 1.54) is 0 Å². The van der Waals surface area contributed by atoms with E-state index in [-0.39, 0.29) is 10.3 Å². The number of rotatable bonds is 0. The van der Waals surface area contributed by atoms with Crippen LogP contribution in [0, 0.1) is 0 Å². The third-order valence-electron chi connectivity index (χ3n) is 0.204. The van der Waals surface area contributed by atoms with Crippen LogP contribution in [0.5, 0.6) is 0 Å². The summed E-state index contributed by atoms with van der Waals surface area (Å²) < 4.78 is 3.44. The van der Waals surface area contributed by atoms with Crippen molar-refractivity contribution >= 4 is 23.6 Å². The molecule has 0 aromatic carbocycles. The molecule has 0 amide bonds. The Balaban J connectivity index is 3.36. The quantitative estimate of drug-likeness (QED) is 0.222. The minimum atomic E-state index is -0.309. The predicted molar refractivity (Wildman–Crippen MR) is 28.6 cm³/mol. The summed E-state index contributed by atoms with van der Waals surface area (Å²) in [5.41, 5.74) is 0. The summed E-state index contributed by atoms with van der Waals surface area (Å²) >= 11 is 0. The van der Waals surface area contributed by atoms with Gasteiger partial charge in [0.2, 0.25) is 0 Å². The van der Waals surface area contributed by atoms with Crippen molar-refractivity contribution in [3.63, 3.8) is 0 Å². The van der Waals surface area contributed by atoms with Gasteiger partial charge in [0.05, 0.1) is 0 Å². The predicted octanol–water partition coefficient (Wildman–Crippen LogP) is -0.0664. The average molecular weight is 85.9 g/mol. The Morgan fingerprint density at radius 3 is 2.20 bits per heavy atom. The summed E-state index contributed by atoms with van der Waals surface area (Å²) in [5, 5.41) is 0. The monoisotopic (exact) mass is 86.0 g/mol. The summed E-state index contributed by atoms with van der Waals surface area (Å²) in [6.45, 7) is 8.29. The molecule has 0 radical (unpaired) electrons. The molecule has 0 rings (SSSR count). The molecular formula is C2H5BNS-. The summed E-state index contributed by atoms with van der Waals surface area (Å²) in [5.74, 6) is 0. The second-order valence-corrected chi connectivity index (χ2v) is 1.96. The van der Waals surface area contributed by atoms with Gasteiger partial charge in [0, 0.05) is 0 Å². The molecule has 0 unspecified atom stereocenters. The van der Waals surface area contributed by atoms with Crippen LogP contribution < -0.4 is 0 Å². The molecule has 0 N–H and O–H groups in total. The van der Waals surface area contributed by atoms with Gasteiger partial charge in [-0.3, -0.25) is 0 Å². The Labute approximate surface area is 35.1 Å². The van der Waals surface area contributed by atoms with Gasteiger partial charge in [-0.15, -0.1) is 0 Å². The maximum absolute atomic E-state index is 5.09. The van der Waals surface area contributed by atoms with E-state index in [1.807, 2.05) is 0 Å². The van der Waals surface area contributed by atoms with Crippen LogP contribution in [0.15, 0.2) is 4.40 Å². The first kappa shape index (κ1) is 5.08. The van der Waals surface area contributed by atoms with Gasteiger partial charge in [-0.2, -0.15) is 0 Å². The van der Waals surface area contributed by atoms with Crippen molar-refractivity contribution in [2.75, 3.05) is 6.26 Å². The Morgan fingerprint density at radius 1 is 2.00 bits per heavy atom. The van der Waals surface area contributed by atoms with E-state index in [2.05, 4.69) is 11.1 Å². The van der Waals surface area contributed by atoms with E-state index in [9.17, 15) is 0 Å². The van der Waals surface area contributed by atoms with Crippen LogP contribution in [-0.4, -0.2) is 19.5 Å². The van der Waals surface area contributed by atoms with Crippen LogP contribution in [-0.2, 0) is 10.3 Å². The first-order chi connectivity index (χ1) is 2.27. The van der Waals surface area contributed by atoms with E-state index in [4.69, 9.17) is 6.53 Å². The first-order valence-electron chi connectivity index (χ1n) is 1.14. The molecule has 0 fully saturated rings. The second-order valence-electron chi connectivity index (χ2n) is 0.653.